The molecule has 0 saturated heterocycles. The van der Waals surface area contributed by atoms with E-state index < -0.39 is 5.97 Å². The molecule has 5 rings (SSSR count). The quantitative estimate of drug-likeness (QED) is 0.184. The van der Waals surface area contributed by atoms with Crippen LogP contribution in [0.25, 0.3) is 21.3 Å². The highest BCUT2D eigenvalue weighted by molar-refractivity contribution is 7.99. The fraction of sp³-hybridized carbons (Fsp3) is 0.308. The zero-order chi connectivity index (χ0) is 25.4. The van der Waals surface area contributed by atoms with Crippen LogP contribution in [0.2, 0.25) is 0 Å². The Morgan fingerprint density at radius 2 is 2.00 bits per heavy atom. The van der Waals surface area contributed by atoms with Gasteiger partial charge in [0.1, 0.15) is 15.4 Å². The van der Waals surface area contributed by atoms with Crippen LogP contribution in [0.4, 0.5) is 5.00 Å². The molecule has 2 N–H and O–H groups in total. The summed E-state index contributed by atoms with van der Waals surface area (Å²) in [5, 5.41) is 6.26. The van der Waals surface area contributed by atoms with Gasteiger partial charge in [-0.15, -0.1) is 22.7 Å². The Labute approximate surface area is 220 Å². The van der Waals surface area contributed by atoms with Crippen LogP contribution in [0.3, 0.4) is 0 Å². The SMILES string of the molecule is COC(=O)c1c(-c2cc(C)ccc2C)csc1NC(=O)CSc1nc2sc3c(c2c(=O)[nH]1)CCCC3. The molecule has 3 aromatic heterocycles. The second-order valence-corrected chi connectivity index (χ2v) is 11.7. The molecule has 0 fully saturated rings. The second kappa shape index (κ2) is 10.2. The molecular formula is C26H25N3O4S3. The Hall–Kier alpha value is -2.95. The van der Waals surface area contributed by atoms with Gasteiger partial charge in [-0.1, -0.05) is 35.5 Å². The molecule has 0 saturated carbocycles. The average Bonchev–Trinajstić information content (AvgIpc) is 3.45. The highest BCUT2D eigenvalue weighted by Gasteiger charge is 2.24. The monoisotopic (exact) mass is 539 g/mol. The number of hydrogen-bond acceptors (Lipinski definition) is 8. The number of aryl methyl sites for hydroxylation is 4. The molecular weight excluding hydrogens is 515 g/mol. The number of fused-ring (bicyclic) bond motifs is 3. The van der Waals surface area contributed by atoms with Gasteiger partial charge < -0.3 is 15.0 Å². The van der Waals surface area contributed by atoms with Gasteiger partial charge in [0.15, 0.2) is 5.16 Å². The van der Waals surface area contributed by atoms with Gasteiger partial charge in [-0.3, -0.25) is 9.59 Å². The zero-order valence-corrected chi connectivity index (χ0v) is 22.6. The Bertz CT molecular complexity index is 1550. The zero-order valence-electron chi connectivity index (χ0n) is 20.1. The van der Waals surface area contributed by atoms with Crippen molar-refractivity contribution in [3.05, 3.63) is 61.1 Å². The van der Waals surface area contributed by atoms with Crippen molar-refractivity contribution in [3.8, 4) is 11.1 Å². The molecule has 0 radical (unpaired) electrons. The summed E-state index contributed by atoms with van der Waals surface area (Å²) in [4.78, 5) is 47.7. The number of anilines is 1. The minimum absolute atomic E-state index is 0.0385. The maximum atomic E-state index is 12.8. The number of esters is 1. The number of ether oxygens (including phenoxy) is 1. The van der Waals surface area contributed by atoms with Crippen LogP contribution >= 0.6 is 34.4 Å². The summed E-state index contributed by atoms with van der Waals surface area (Å²) in [6.07, 6.45) is 4.15. The van der Waals surface area contributed by atoms with Crippen molar-refractivity contribution in [2.75, 3.05) is 18.2 Å². The van der Waals surface area contributed by atoms with Crippen molar-refractivity contribution in [2.45, 2.75) is 44.7 Å². The minimum Gasteiger partial charge on any atom is -0.465 e. The molecule has 0 aliphatic heterocycles. The Morgan fingerprint density at radius 1 is 1.19 bits per heavy atom. The molecule has 0 spiro atoms. The molecule has 0 bridgehead atoms. The average molecular weight is 540 g/mol. The van der Waals surface area contributed by atoms with Gasteiger partial charge in [-0.25, -0.2) is 9.78 Å². The summed E-state index contributed by atoms with van der Waals surface area (Å²) < 4.78 is 5.03. The number of thiophene rings is 2. The first-order chi connectivity index (χ1) is 17.4. The maximum Gasteiger partial charge on any atom is 0.341 e. The van der Waals surface area contributed by atoms with Crippen LogP contribution < -0.4 is 10.9 Å². The van der Waals surface area contributed by atoms with Crippen LogP contribution in [-0.2, 0) is 22.4 Å². The molecule has 3 heterocycles. The van der Waals surface area contributed by atoms with Gasteiger partial charge >= 0.3 is 5.97 Å². The van der Waals surface area contributed by atoms with Crippen LogP contribution in [0.1, 0.15) is 44.8 Å². The van der Waals surface area contributed by atoms with Gasteiger partial charge in [-0.2, -0.15) is 0 Å². The van der Waals surface area contributed by atoms with Crippen molar-refractivity contribution < 1.29 is 14.3 Å². The number of benzene rings is 1. The summed E-state index contributed by atoms with van der Waals surface area (Å²) >= 11 is 4.03. The number of carbonyl (C=O) groups excluding carboxylic acids is 2. The Kier molecular flexibility index (Phi) is 7.00. The normalized spacial score (nSPS) is 13.0. The number of aromatic amines is 1. The van der Waals surface area contributed by atoms with E-state index in [1.807, 2.05) is 37.4 Å². The number of nitrogens with one attached hydrogen (secondary N) is 2. The first-order valence-electron chi connectivity index (χ1n) is 11.6. The van der Waals surface area contributed by atoms with Crippen LogP contribution in [-0.4, -0.2) is 34.7 Å². The number of thioether (sulfide) groups is 1. The number of hydrogen-bond donors (Lipinski definition) is 2. The van der Waals surface area contributed by atoms with E-state index in [0.29, 0.717) is 21.1 Å². The van der Waals surface area contributed by atoms with E-state index in [4.69, 9.17) is 4.74 Å². The molecule has 186 valence electrons. The predicted octanol–water partition coefficient (Wildman–Crippen LogP) is 5.73. The van der Waals surface area contributed by atoms with Crippen molar-refractivity contribution >= 4 is 61.5 Å². The summed E-state index contributed by atoms with van der Waals surface area (Å²) in [6, 6.07) is 6.04. The molecule has 36 heavy (non-hydrogen) atoms. The first kappa shape index (κ1) is 24.7. The summed E-state index contributed by atoms with van der Waals surface area (Å²) in [5.41, 5.74) is 5.09. The fourth-order valence-electron chi connectivity index (χ4n) is 4.49. The third-order valence-corrected chi connectivity index (χ3v) is 9.21. The van der Waals surface area contributed by atoms with E-state index >= 15 is 0 Å². The first-order valence-corrected chi connectivity index (χ1v) is 14.3. The van der Waals surface area contributed by atoms with Crippen LogP contribution in [0, 0.1) is 13.8 Å². The van der Waals surface area contributed by atoms with E-state index in [1.165, 1.54) is 35.1 Å². The highest BCUT2D eigenvalue weighted by atomic mass is 32.2. The number of H-pyrrole nitrogens is 1. The van der Waals surface area contributed by atoms with Gasteiger partial charge in [0.05, 0.1) is 18.2 Å². The lowest BCUT2D eigenvalue weighted by molar-refractivity contribution is -0.113. The number of amides is 1. The smallest absolute Gasteiger partial charge is 0.341 e. The van der Waals surface area contributed by atoms with Gasteiger partial charge in [0.2, 0.25) is 5.91 Å². The van der Waals surface area contributed by atoms with Gasteiger partial charge in [-0.05, 0) is 56.2 Å². The summed E-state index contributed by atoms with van der Waals surface area (Å²) in [6.45, 7) is 3.98. The molecule has 1 amide bonds. The third kappa shape index (κ3) is 4.72. The van der Waals surface area contributed by atoms with Crippen molar-refractivity contribution in [3.63, 3.8) is 0 Å². The lowest BCUT2D eigenvalue weighted by Gasteiger charge is -2.10. The standard InChI is InChI=1S/C26H25N3O4S3/c1-13-8-9-14(2)16(10-13)17-11-34-23(21(17)25(32)33-3)27-19(30)12-35-26-28-22(31)20-15-6-4-5-7-18(15)36-24(20)29-26/h8-11H,4-7,12H2,1-3H3,(H,27,30)(H,28,29,31). The fourth-order valence-corrected chi connectivity index (χ4v) is 7.43. The highest BCUT2D eigenvalue weighted by Crippen LogP contribution is 2.38. The Morgan fingerprint density at radius 3 is 2.81 bits per heavy atom. The molecule has 10 heteroatoms. The van der Waals surface area contributed by atoms with E-state index in [1.54, 1.807) is 11.3 Å². The molecule has 1 aliphatic rings. The number of carbonyl (C=O) groups is 2. The van der Waals surface area contributed by atoms with Gasteiger partial charge in [0.25, 0.3) is 5.56 Å². The molecule has 1 aliphatic carbocycles. The second-order valence-electron chi connectivity index (χ2n) is 8.76. The summed E-state index contributed by atoms with van der Waals surface area (Å²) in [7, 11) is 1.33. The lowest BCUT2D eigenvalue weighted by atomic mass is 9.97. The third-order valence-electron chi connectivity index (χ3n) is 6.26. The van der Waals surface area contributed by atoms with E-state index in [-0.39, 0.29) is 17.2 Å². The molecule has 4 aromatic rings. The minimum atomic E-state index is -0.506. The lowest BCUT2D eigenvalue weighted by Crippen LogP contribution is -2.17. The number of methoxy groups -OCH3 is 1. The maximum absolute atomic E-state index is 12.8. The molecule has 1 aromatic carbocycles. The topological polar surface area (TPSA) is 101 Å². The van der Waals surface area contributed by atoms with E-state index in [2.05, 4.69) is 15.3 Å². The molecule has 7 nitrogen and oxygen atoms in total. The number of nitrogens with zero attached hydrogens (tertiary/aromatic N) is 1. The summed E-state index contributed by atoms with van der Waals surface area (Å²) in [5.74, 6) is -0.766. The Balaban J connectivity index is 1.36. The van der Waals surface area contributed by atoms with Crippen molar-refractivity contribution in [2.24, 2.45) is 0 Å². The molecule has 0 atom stereocenters. The van der Waals surface area contributed by atoms with E-state index in [9.17, 15) is 14.4 Å². The number of aromatic nitrogens is 2. The largest absolute Gasteiger partial charge is 0.465 e. The van der Waals surface area contributed by atoms with Crippen molar-refractivity contribution in [1.82, 2.24) is 9.97 Å². The van der Waals surface area contributed by atoms with Crippen molar-refractivity contribution in [1.29, 1.82) is 0 Å². The number of rotatable bonds is 6. The van der Waals surface area contributed by atoms with Gasteiger partial charge in [0, 0.05) is 15.8 Å². The molecule has 0 unspecified atom stereocenters. The van der Waals surface area contributed by atoms with Crippen LogP contribution in [0.5, 0.6) is 0 Å². The predicted molar refractivity (Wildman–Crippen MR) is 147 cm³/mol. The van der Waals surface area contributed by atoms with Crippen LogP contribution in [0.15, 0.2) is 33.5 Å². The van der Waals surface area contributed by atoms with E-state index in [0.717, 1.165) is 58.3 Å².